The van der Waals surface area contributed by atoms with Gasteiger partial charge in [0.25, 0.3) is 5.69 Å². The SMILES string of the molecule is COc1cc(C(=O)Oc2c(Br)cc(Br)cc2/C=C2\N=C(c3ccc([N+](=O)[O-])cc3)OC2=O)cc(OC)c1OC. The number of aliphatic imine (C=N–C) groups is 1. The predicted molar refractivity (Wildman–Crippen MR) is 147 cm³/mol. The number of nitro groups is 1. The number of carbonyl (C=O) groups excluding carboxylic acids is 2. The van der Waals surface area contributed by atoms with E-state index < -0.39 is 16.9 Å². The minimum atomic E-state index is -0.749. The molecule has 0 saturated heterocycles. The smallest absolute Gasteiger partial charge is 0.363 e. The van der Waals surface area contributed by atoms with Crippen molar-refractivity contribution in [3.63, 3.8) is 0 Å². The van der Waals surface area contributed by atoms with Crippen LogP contribution in [0.5, 0.6) is 23.0 Å². The van der Waals surface area contributed by atoms with Gasteiger partial charge in [-0.1, -0.05) is 15.9 Å². The van der Waals surface area contributed by atoms with Gasteiger partial charge in [-0.3, -0.25) is 10.1 Å². The second-order valence-corrected chi connectivity index (χ2v) is 9.52. The van der Waals surface area contributed by atoms with Gasteiger partial charge < -0.3 is 23.7 Å². The lowest BCUT2D eigenvalue weighted by Crippen LogP contribution is -2.11. The van der Waals surface area contributed by atoms with Crippen molar-refractivity contribution < 1.29 is 38.2 Å². The van der Waals surface area contributed by atoms with Crippen molar-refractivity contribution in [2.75, 3.05) is 21.3 Å². The van der Waals surface area contributed by atoms with E-state index in [-0.39, 0.29) is 40.1 Å². The Morgan fingerprint density at radius 1 is 0.974 bits per heavy atom. The highest BCUT2D eigenvalue weighted by atomic mass is 79.9. The molecule has 0 radical (unpaired) electrons. The molecule has 39 heavy (non-hydrogen) atoms. The third-order valence-electron chi connectivity index (χ3n) is 5.37. The zero-order valence-corrected chi connectivity index (χ0v) is 23.7. The molecule has 0 N–H and O–H groups in total. The molecule has 3 aromatic carbocycles. The first-order chi connectivity index (χ1) is 18.6. The fourth-order valence-corrected chi connectivity index (χ4v) is 4.89. The van der Waals surface area contributed by atoms with Crippen molar-refractivity contribution >= 4 is 61.5 Å². The zero-order chi connectivity index (χ0) is 28.3. The predicted octanol–water partition coefficient (Wildman–Crippen LogP) is 5.71. The number of cyclic esters (lactones) is 1. The van der Waals surface area contributed by atoms with Crippen LogP contribution in [-0.2, 0) is 9.53 Å². The fourth-order valence-electron chi connectivity index (χ4n) is 3.55. The third kappa shape index (κ3) is 5.94. The molecule has 4 rings (SSSR count). The first-order valence-corrected chi connectivity index (χ1v) is 12.5. The topological polar surface area (TPSA) is 136 Å². The average molecular weight is 662 g/mol. The summed E-state index contributed by atoms with van der Waals surface area (Å²) in [5, 5.41) is 10.9. The van der Waals surface area contributed by atoms with Crippen LogP contribution in [0.15, 0.2) is 68.2 Å². The van der Waals surface area contributed by atoms with E-state index in [0.717, 1.165) is 0 Å². The Hall–Kier alpha value is -4.23. The van der Waals surface area contributed by atoms with Crippen LogP contribution in [-0.4, -0.2) is 44.1 Å². The van der Waals surface area contributed by atoms with Crippen LogP contribution in [0.1, 0.15) is 21.5 Å². The highest BCUT2D eigenvalue weighted by molar-refractivity contribution is 9.11. The van der Waals surface area contributed by atoms with E-state index in [1.54, 1.807) is 12.1 Å². The van der Waals surface area contributed by atoms with E-state index in [0.29, 0.717) is 25.8 Å². The normalized spacial score (nSPS) is 13.5. The Bertz CT molecular complexity index is 1520. The van der Waals surface area contributed by atoms with Crippen molar-refractivity contribution in [1.82, 2.24) is 0 Å². The Balaban J connectivity index is 1.70. The second kappa shape index (κ2) is 11.7. The Labute approximate surface area is 238 Å². The summed E-state index contributed by atoms with van der Waals surface area (Å²) in [5.41, 5.74) is 0.645. The molecule has 13 heteroatoms. The van der Waals surface area contributed by atoms with Crippen LogP contribution in [0, 0.1) is 10.1 Å². The van der Waals surface area contributed by atoms with Crippen LogP contribution in [0.25, 0.3) is 6.08 Å². The van der Waals surface area contributed by atoms with Gasteiger partial charge in [0.05, 0.1) is 36.3 Å². The molecule has 0 aromatic heterocycles. The van der Waals surface area contributed by atoms with Crippen LogP contribution in [0.4, 0.5) is 5.69 Å². The van der Waals surface area contributed by atoms with E-state index >= 15 is 0 Å². The molecule has 1 aliphatic rings. The minimum Gasteiger partial charge on any atom is -0.493 e. The lowest BCUT2D eigenvalue weighted by atomic mass is 10.1. The molecule has 3 aromatic rings. The molecular weight excluding hydrogens is 644 g/mol. The van der Waals surface area contributed by atoms with Gasteiger partial charge in [0, 0.05) is 27.7 Å². The number of rotatable bonds is 8. The maximum Gasteiger partial charge on any atom is 0.363 e. The zero-order valence-electron chi connectivity index (χ0n) is 20.5. The van der Waals surface area contributed by atoms with Crippen LogP contribution in [0.2, 0.25) is 0 Å². The van der Waals surface area contributed by atoms with Crippen molar-refractivity contribution in [3.8, 4) is 23.0 Å². The van der Waals surface area contributed by atoms with E-state index in [1.807, 2.05) is 0 Å². The van der Waals surface area contributed by atoms with E-state index in [4.69, 9.17) is 23.7 Å². The molecule has 0 fully saturated rings. The third-order valence-corrected chi connectivity index (χ3v) is 6.42. The number of nitrogens with zero attached hydrogens (tertiary/aromatic N) is 2. The number of halogens is 2. The average Bonchev–Trinajstić information content (AvgIpc) is 3.29. The number of nitro benzene ring substituents is 1. The van der Waals surface area contributed by atoms with Gasteiger partial charge in [-0.15, -0.1) is 0 Å². The second-order valence-electron chi connectivity index (χ2n) is 7.75. The van der Waals surface area contributed by atoms with Crippen LogP contribution < -0.4 is 18.9 Å². The van der Waals surface area contributed by atoms with Crippen molar-refractivity contribution in [2.24, 2.45) is 4.99 Å². The molecule has 0 bridgehead atoms. The summed E-state index contributed by atoms with van der Waals surface area (Å²) in [4.78, 5) is 40.3. The summed E-state index contributed by atoms with van der Waals surface area (Å²) < 4.78 is 27.9. The number of methoxy groups -OCH3 is 3. The summed E-state index contributed by atoms with van der Waals surface area (Å²) >= 11 is 6.79. The van der Waals surface area contributed by atoms with Crippen LogP contribution >= 0.6 is 31.9 Å². The fraction of sp³-hybridized carbons (Fsp3) is 0.115. The summed E-state index contributed by atoms with van der Waals surface area (Å²) in [6, 6.07) is 11.6. The molecule has 0 spiro atoms. The van der Waals surface area contributed by atoms with Crippen molar-refractivity contribution in [1.29, 1.82) is 0 Å². The maximum absolute atomic E-state index is 13.2. The summed E-state index contributed by atoms with van der Waals surface area (Å²) in [6.45, 7) is 0. The van der Waals surface area contributed by atoms with Gasteiger partial charge in [0.15, 0.2) is 22.9 Å². The van der Waals surface area contributed by atoms with E-state index in [2.05, 4.69) is 36.9 Å². The summed E-state index contributed by atoms with van der Waals surface area (Å²) in [6.07, 6.45) is 1.40. The summed E-state index contributed by atoms with van der Waals surface area (Å²) in [7, 11) is 4.29. The quantitative estimate of drug-likeness (QED) is 0.0978. The van der Waals surface area contributed by atoms with Gasteiger partial charge in [0.2, 0.25) is 11.6 Å². The number of esters is 2. The molecule has 0 unspecified atom stereocenters. The maximum atomic E-state index is 13.2. The number of non-ortho nitro benzene ring substituents is 1. The van der Waals surface area contributed by atoms with Crippen molar-refractivity contribution in [2.45, 2.75) is 0 Å². The number of ether oxygens (including phenoxy) is 5. The molecule has 0 amide bonds. The lowest BCUT2D eigenvalue weighted by Gasteiger charge is -2.15. The molecule has 11 nitrogen and oxygen atoms in total. The largest absolute Gasteiger partial charge is 0.493 e. The molecule has 0 aliphatic carbocycles. The number of hydrogen-bond acceptors (Lipinski definition) is 10. The highest BCUT2D eigenvalue weighted by Crippen LogP contribution is 2.40. The van der Waals surface area contributed by atoms with Gasteiger partial charge in [0.1, 0.15) is 0 Å². The van der Waals surface area contributed by atoms with E-state index in [1.165, 1.54) is 63.8 Å². The van der Waals surface area contributed by atoms with Gasteiger partial charge in [-0.05, 0) is 58.4 Å². The standard InChI is InChI=1S/C26H18Br2N2O9/c1-35-20-10-15(11-21(36-2)23(20)37-3)25(31)38-22-14(8-16(27)12-18(22)28)9-19-26(32)39-24(29-19)13-4-6-17(7-5-13)30(33)34/h4-12H,1-3H3/b19-9-. The van der Waals surface area contributed by atoms with E-state index in [9.17, 15) is 19.7 Å². The molecule has 200 valence electrons. The number of carbonyl (C=O) groups is 2. The molecule has 1 aliphatic heterocycles. The number of benzene rings is 3. The van der Waals surface area contributed by atoms with Crippen molar-refractivity contribution in [3.05, 3.63) is 90.0 Å². The Morgan fingerprint density at radius 3 is 2.18 bits per heavy atom. The van der Waals surface area contributed by atoms with Gasteiger partial charge in [-0.25, -0.2) is 14.6 Å². The Kier molecular flexibility index (Phi) is 8.31. The monoisotopic (exact) mass is 660 g/mol. The van der Waals surface area contributed by atoms with Crippen LogP contribution in [0.3, 0.4) is 0 Å². The van der Waals surface area contributed by atoms with Gasteiger partial charge >= 0.3 is 11.9 Å². The lowest BCUT2D eigenvalue weighted by molar-refractivity contribution is -0.384. The number of hydrogen-bond donors (Lipinski definition) is 0. The first kappa shape index (κ1) is 27.8. The minimum absolute atomic E-state index is 0.0221. The van der Waals surface area contributed by atoms with Gasteiger partial charge in [-0.2, -0.15) is 0 Å². The first-order valence-electron chi connectivity index (χ1n) is 10.9. The summed E-state index contributed by atoms with van der Waals surface area (Å²) in [5.74, 6) is -0.552. The molecule has 0 atom stereocenters. The molecule has 1 heterocycles. The Morgan fingerprint density at radius 2 is 1.62 bits per heavy atom. The highest BCUT2D eigenvalue weighted by Gasteiger charge is 2.26. The molecule has 0 saturated carbocycles. The molecular formula is C26H18Br2N2O9.